The van der Waals surface area contributed by atoms with Crippen LogP contribution in [0.1, 0.15) is 25.0 Å². The van der Waals surface area contributed by atoms with Crippen molar-refractivity contribution >= 4 is 11.6 Å². The Morgan fingerprint density at radius 2 is 2.45 bits per heavy atom. The van der Waals surface area contributed by atoms with Gasteiger partial charge in [0.2, 0.25) is 5.91 Å². The van der Waals surface area contributed by atoms with E-state index in [1.807, 2.05) is 35.0 Å². The number of amides is 1. The quantitative estimate of drug-likeness (QED) is 0.863. The Kier molecular flexibility index (Phi) is 3.97. The van der Waals surface area contributed by atoms with Crippen LogP contribution < -0.4 is 10.6 Å². The average Bonchev–Trinajstić information content (AvgIpc) is 3.11. The Balaban J connectivity index is 1.47. The third kappa shape index (κ3) is 3.17. The van der Waals surface area contributed by atoms with Crippen molar-refractivity contribution in [2.24, 2.45) is 5.92 Å². The minimum Gasteiger partial charge on any atom is -0.350 e. The maximum absolute atomic E-state index is 11.8. The number of carbonyl (C=O) groups excluding carboxylic acids is 1. The molecule has 0 aromatic carbocycles. The number of nitrogens with zero attached hydrogens (tertiary/aromatic N) is 2. The number of hydrogen-bond donors (Lipinski definition) is 2. The summed E-state index contributed by atoms with van der Waals surface area (Å²) >= 11 is 0. The predicted molar refractivity (Wildman–Crippen MR) is 77.2 cm³/mol. The topological polar surface area (TPSA) is 58.4 Å². The summed E-state index contributed by atoms with van der Waals surface area (Å²) in [6.45, 7) is 2.65. The number of pyridine rings is 1. The van der Waals surface area contributed by atoms with E-state index in [2.05, 4.69) is 15.6 Å². The van der Waals surface area contributed by atoms with Crippen LogP contribution in [0, 0.1) is 5.92 Å². The molecule has 0 radical (unpaired) electrons. The third-order valence-electron chi connectivity index (χ3n) is 3.82. The molecule has 2 N–H and O–H groups in total. The summed E-state index contributed by atoms with van der Waals surface area (Å²) in [4.78, 5) is 16.3. The molecule has 1 aliphatic rings. The van der Waals surface area contributed by atoms with E-state index in [0.717, 1.165) is 30.9 Å². The Bertz CT molecular complexity index is 553. The third-order valence-corrected chi connectivity index (χ3v) is 3.82. The lowest BCUT2D eigenvalue weighted by atomic mass is 10.0. The van der Waals surface area contributed by atoms with E-state index in [9.17, 15) is 4.79 Å². The van der Waals surface area contributed by atoms with Crippen LogP contribution in [0.3, 0.4) is 0 Å². The van der Waals surface area contributed by atoms with E-state index in [1.165, 1.54) is 6.42 Å². The van der Waals surface area contributed by atoms with Gasteiger partial charge in [0.15, 0.2) is 0 Å². The molecule has 106 valence electrons. The van der Waals surface area contributed by atoms with Gasteiger partial charge in [-0.25, -0.2) is 4.98 Å². The number of imidazole rings is 1. The lowest BCUT2D eigenvalue weighted by Gasteiger charge is -2.07. The highest BCUT2D eigenvalue weighted by Crippen LogP contribution is 2.14. The molecule has 1 fully saturated rings. The van der Waals surface area contributed by atoms with Crippen LogP contribution in [0.2, 0.25) is 0 Å². The highest BCUT2D eigenvalue weighted by atomic mass is 16.1. The van der Waals surface area contributed by atoms with E-state index >= 15 is 0 Å². The molecular weight excluding hydrogens is 252 g/mol. The van der Waals surface area contributed by atoms with Gasteiger partial charge in [-0.05, 0) is 44.0 Å². The number of rotatable bonds is 5. The molecule has 2 aromatic rings. The van der Waals surface area contributed by atoms with Gasteiger partial charge >= 0.3 is 0 Å². The summed E-state index contributed by atoms with van der Waals surface area (Å²) in [6, 6.07) is 5.88. The second kappa shape index (κ2) is 6.05. The molecule has 1 unspecified atom stereocenters. The van der Waals surface area contributed by atoms with Crippen LogP contribution in [0.4, 0.5) is 0 Å². The molecule has 3 rings (SSSR count). The lowest BCUT2D eigenvalue weighted by Crippen LogP contribution is -2.23. The summed E-state index contributed by atoms with van der Waals surface area (Å²) < 4.78 is 1.96. The van der Waals surface area contributed by atoms with Crippen LogP contribution in [-0.2, 0) is 11.3 Å². The molecular formula is C15H20N4O. The normalized spacial score (nSPS) is 18.5. The molecule has 20 heavy (non-hydrogen) atoms. The smallest absolute Gasteiger partial charge is 0.220 e. The first-order valence-electron chi connectivity index (χ1n) is 7.21. The molecule has 2 aromatic heterocycles. The van der Waals surface area contributed by atoms with Crippen LogP contribution in [-0.4, -0.2) is 28.4 Å². The van der Waals surface area contributed by atoms with Crippen molar-refractivity contribution in [1.29, 1.82) is 0 Å². The fourth-order valence-electron chi connectivity index (χ4n) is 2.65. The maximum Gasteiger partial charge on any atom is 0.220 e. The lowest BCUT2D eigenvalue weighted by molar-refractivity contribution is -0.121. The van der Waals surface area contributed by atoms with E-state index < -0.39 is 0 Å². The molecule has 0 bridgehead atoms. The molecule has 0 aliphatic carbocycles. The van der Waals surface area contributed by atoms with Crippen molar-refractivity contribution in [3.63, 3.8) is 0 Å². The Morgan fingerprint density at radius 1 is 1.50 bits per heavy atom. The van der Waals surface area contributed by atoms with E-state index in [1.54, 1.807) is 0 Å². The number of fused-ring (bicyclic) bond motifs is 1. The van der Waals surface area contributed by atoms with Gasteiger partial charge in [-0.15, -0.1) is 0 Å². The van der Waals surface area contributed by atoms with Gasteiger partial charge in [-0.3, -0.25) is 4.79 Å². The summed E-state index contributed by atoms with van der Waals surface area (Å²) in [5, 5.41) is 6.27. The standard InChI is InChI=1S/C15H20N4O/c20-15(5-4-12-6-7-16-9-12)17-10-13-11-19-8-2-1-3-14(19)18-13/h1-3,8,11-12,16H,4-7,9-10H2,(H,17,20). The van der Waals surface area contributed by atoms with E-state index in [-0.39, 0.29) is 5.91 Å². The zero-order valence-corrected chi connectivity index (χ0v) is 11.5. The summed E-state index contributed by atoms with van der Waals surface area (Å²) in [5.41, 5.74) is 1.81. The van der Waals surface area contributed by atoms with Crippen molar-refractivity contribution in [1.82, 2.24) is 20.0 Å². The zero-order valence-electron chi connectivity index (χ0n) is 11.5. The summed E-state index contributed by atoms with van der Waals surface area (Å²) in [7, 11) is 0. The van der Waals surface area contributed by atoms with Crippen molar-refractivity contribution in [3.8, 4) is 0 Å². The average molecular weight is 272 g/mol. The predicted octanol–water partition coefficient (Wildman–Crippen LogP) is 1.34. The molecule has 1 aliphatic heterocycles. The first-order valence-corrected chi connectivity index (χ1v) is 7.21. The van der Waals surface area contributed by atoms with Crippen molar-refractivity contribution in [2.75, 3.05) is 13.1 Å². The minimum atomic E-state index is 0.119. The molecule has 0 spiro atoms. The SMILES string of the molecule is O=C(CCC1CCNC1)NCc1cn2ccccc2n1. The van der Waals surface area contributed by atoms with Crippen LogP contribution >= 0.6 is 0 Å². The fraction of sp³-hybridized carbons (Fsp3) is 0.467. The van der Waals surface area contributed by atoms with Gasteiger partial charge in [-0.1, -0.05) is 6.07 Å². The number of aromatic nitrogens is 2. The summed E-state index contributed by atoms with van der Waals surface area (Å²) in [6.07, 6.45) is 6.70. The molecule has 0 saturated carbocycles. The Hall–Kier alpha value is -1.88. The molecule has 3 heterocycles. The molecule has 5 nitrogen and oxygen atoms in total. The van der Waals surface area contributed by atoms with Gasteiger partial charge < -0.3 is 15.0 Å². The monoisotopic (exact) mass is 272 g/mol. The minimum absolute atomic E-state index is 0.119. The fourth-order valence-corrected chi connectivity index (χ4v) is 2.65. The molecule has 1 saturated heterocycles. The Morgan fingerprint density at radius 3 is 3.25 bits per heavy atom. The Labute approximate surface area is 118 Å². The molecule has 1 atom stereocenters. The van der Waals surface area contributed by atoms with Gasteiger partial charge in [0.05, 0.1) is 12.2 Å². The second-order valence-electron chi connectivity index (χ2n) is 5.37. The van der Waals surface area contributed by atoms with E-state index in [4.69, 9.17) is 0 Å². The van der Waals surface area contributed by atoms with Gasteiger partial charge in [0.25, 0.3) is 0 Å². The van der Waals surface area contributed by atoms with E-state index in [0.29, 0.717) is 18.9 Å². The highest BCUT2D eigenvalue weighted by molar-refractivity contribution is 5.75. The van der Waals surface area contributed by atoms with Gasteiger partial charge in [0, 0.05) is 18.8 Å². The van der Waals surface area contributed by atoms with Crippen molar-refractivity contribution < 1.29 is 4.79 Å². The maximum atomic E-state index is 11.8. The van der Waals surface area contributed by atoms with Crippen LogP contribution in [0.15, 0.2) is 30.6 Å². The van der Waals surface area contributed by atoms with Crippen LogP contribution in [0.25, 0.3) is 5.65 Å². The van der Waals surface area contributed by atoms with Crippen molar-refractivity contribution in [3.05, 3.63) is 36.3 Å². The number of hydrogen-bond acceptors (Lipinski definition) is 3. The van der Waals surface area contributed by atoms with Crippen molar-refractivity contribution in [2.45, 2.75) is 25.8 Å². The first-order chi connectivity index (χ1) is 9.81. The first kappa shape index (κ1) is 13.1. The largest absolute Gasteiger partial charge is 0.350 e. The van der Waals surface area contributed by atoms with Gasteiger partial charge in [-0.2, -0.15) is 0 Å². The summed E-state index contributed by atoms with van der Waals surface area (Å²) in [5.74, 6) is 0.782. The molecule has 5 heteroatoms. The number of nitrogens with one attached hydrogen (secondary N) is 2. The second-order valence-corrected chi connectivity index (χ2v) is 5.37. The highest BCUT2D eigenvalue weighted by Gasteiger charge is 2.15. The van der Waals surface area contributed by atoms with Crippen LogP contribution in [0.5, 0.6) is 0 Å². The number of carbonyl (C=O) groups is 1. The molecule has 1 amide bonds. The zero-order chi connectivity index (χ0) is 13.8. The van der Waals surface area contributed by atoms with Gasteiger partial charge in [0.1, 0.15) is 5.65 Å².